The number of ether oxygens (including phenoxy) is 2. The maximum Gasteiger partial charge on any atom is 0.337 e. The third-order valence-electron chi connectivity index (χ3n) is 5.41. The minimum Gasteiger partial charge on any atom is -0.492 e. The predicted molar refractivity (Wildman–Crippen MR) is 112 cm³/mol. The Morgan fingerprint density at radius 3 is 2.52 bits per heavy atom. The standard InChI is InChI=1S/C24H29NO4/c1-28-24(27)20-13-10-19(11-14-20)12-15-23(26)22-9-5-6-16-25(22)17-18-29-21-7-3-2-4-8-21/h2-4,7-8,10-11,13-14,22H,5-6,9,12,15-18H2,1H3/t22-/m1/s1. The predicted octanol–water partition coefficient (Wildman–Crippen LogP) is 3.91. The first-order valence-corrected chi connectivity index (χ1v) is 10.3. The number of hydrogen-bond donors (Lipinski definition) is 0. The molecule has 0 saturated carbocycles. The molecule has 0 aliphatic carbocycles. The molecule has 1 fully saturated rings. The van der Waals surface area contributed by atoms with E-state index in [1.165, 1.54) is 7.11 Å². The minimum atomic E-state index is -0.344. The first kappa shape index (κ1) is 21.1. The first-order valence-electron chi connectivity index (χ1n) is 10.3. The fraction of sp³-hybridized carbons (Fsp3) is 0.417. The van der Waals surface area contributed by atoms with Gasteiger partial charge in [0, 0.05) is 13.0 Å². The average Bonchev–Trinajstić information content (AvgIpc) is 2.78. The summed E-state index contributed by atoms with van der Waals surface area (Å²) in [4.78, 5) is 26.7. The van der Waals surface area contributed by atoms with Crippen LogP contribution in [-0.2, 0) is 16.0 Å². The third kappa shape index (κ3) is 6.16. The maximum absolute atomic E-state index is 12.9. The van der Waals surface area contributed by atoms with Crippen LogP contribution >= 0.6 is 0 Å². The van der Waals surface area contributed by atoms with Gasteiger partial charge in [-0.15, -0.1) is 0 Å². The molecule has 1 aliphatic rings. The molecular formula is C24H29NO4. The summed E-state index contributed by atoms with van der Waals surface area (Å²) in [5, 5.41) is 0. The number of carbonyl (C=O) groups excluding carboxylic acids is 2. The molecule has 0 amide bonds. The van der Waals surface area contributed by atoms with Crippen LogP contribution in [0.25, 0.3) is 0 Å². The van der Waals surface area contributed by atoms with Crippen molar-refractivity contribution in [2.45, 2.75) is 38.1 Å². The van der Waals surface area contributed by atoms with E-state index in [-0.39, 0.29) is 12.0 Å². The summed E-state index contributed by atoms with van der Waals surface area (Å²) in [7, 11) is 1.37. The van der Waals surface area contributed by atoms with Crippen LogP contribution < -0.4 is 4.74 Å². The summed E-state index contributed by atoms with van der Waals surface area (Å²) >= 11 is 0. The van der Waals surface area contributed by atoms with Crippen LogP contribution in [0.2, 0.25) is 0 Å². The Balaban J connectivity index is 1.49. The van der Waals surface area contributed by atoms with Gasteiger partial charge in [0.15, 0.2) is 0 Å². The van der Waals surface area contributed by atoms with E-state index < -0.39 is 0 Å². The van der Waals surface area contributed by atoms with Crippen molar-refractivity contribution < 1.29 is 19.1 Å². The van der Waals surface area contributed by atoms with Gasteiger partial charge in [-0.3, -0.25) is 9.69 Å². The largest absolute Gasteiger partial charge is 0.492 e. The van der Waals surface area contributed by atoms with Crippen molar-refractivity contribution >= 4 is 11.8 Å². The van der Waals surface area contributed by atoms with Crippen LogP contribution in [0.3, 0.4) is 0 Å². The van der Waals surface area contributed by atoms with E-state index in [2.05, 4.69) is 4.90 Å². The van der Waals surface area contributed by atoms with Crippen LogP contribution in [0.4, 0.5) is 0 Å². The highest BCUT2D eigenvalue weighted by atomic mass is 16.5. The fourth-order valence-electron chi connectivity index (χ4n) is 3.78. The Bertz CT molecular complexity index is 788. The average molecular weight is 395 g/mol. The Morgan fingerprint density at radius 2 is 1.79 bits per heavy atom. The lowest BCUT2D eigenvalue weighted by Crippen LogP contribution is -2.46. The van der Waals surface area contributed by atoms with E-state index in [9.17, 15) is 9.59 Å². The van der Waals surface area contributed by atoms with Crippen molar-refractivity contribution in [1.29, 1.82) is 0 Å². The second-order valence-electron chi connectivity index (χ2n) is 7.36. The molecule has 5 nitrogen and oxygen atoms in total. The molecule has 1 aliphatic heterocycles. The monoisotopic (exact) mass is 395 g/mol. The Hall–Kier alpha value is -2.66. The summed E-state index contributed by atoms with van der Waals surface area (Å²) in [6.07, 6.45) is 4.35. The van der Waals surface area contributed by atoms with Crippen molar-refractivity contribution in [2.75, 3.05) is 26.8 Å². The van der Waals surface area contributed by atoms with Crippen molar-refractivity contribution in [3.05, 3.63) is 65.7 Å². The number of hydrogen-bond acceptors (Lipinski definition) is 5. The van der Waals surface area contributed by atoms with E-state index in [4.69, 9.17) is 9.47 Å². The number of ketones is 1. The van der Waals surface area contributed by atoms with Crippen LogP contribution in [0.5, 0.6) is 5.75 Å². The number of esters is 1. The van der Waals surface area contributed by atoms with Gasteiger partial charge in [-0.05, 0) is 55.6 Å². The summed E-state index contributed by atoms with van der Waals surface area (Å²) in [5.41, 5.74) is 1.58. The number of carbonyl (C=O) groups is 2. The molecule has 0 radical (unpaired) electrons. The van der Waals surface area contributed by atoms with Gasteiger partial charge in [-0.2, -0.15) is 0 Å². The van der Waals surface area contributed by atoms with Gasteiger partial charge in [-0.25, -0.2) is 4.79 Å². The van der Waals surface area contributed by atoms with Crippen LogP contribution in [-0.4, -0.2) is 49.5 Å². The van der Waals surface area contributed by atoms with E-state index in [1.54, 1.807) is 12.1 Å². The highest BCUT2D eigenvalue weighted by molar-refractivity contribution is 5.89. The molecule has 1 saturated heterocycles. The Labute approximate surface area is 172 Å². The number of piperidine rings is 1. The molecule has 2 aromatic carbocycles. The van der Waals surface area contributed by atoms with Gasteiger partial charge in [0.25, 0.3) is 0 Å². The Kier molecular flexibility index (Phi) is 7.82. The van der Waals surface area contributed by atoms with Gasteiger partial charge in [-0.1, -0.05) is 36.8 Å². The number of rotatable bonds is 9. The first-order chi connectivity index (χ1) is 14.2. The molecule has 0 unspecified atom stereocenters. The number of nitrogens with zero attached hydrogens (tertiary/aromatic N) is 1. The van der Waals surface area contributed by atoms with Gasteiger partial charge in [0.2, 0.25) is 0 Å². The van der Waals surface area contributed by atoms with E-state index in [0.717, 1.165) is 43.7 Å². The van der Waals surface area contributed by atoms with Crippen molar-refractivity contribution in [3.63, 3.8) is 0 Å². The molecule has 2 aromatic rings. The fourth-order valence-corrected chi connectivity index (χ4v) is 3.78. The molecule has 5 heteroatoms. The number of para-hydroxylation sites is 1. The number of methoxy groups -OCH3 is 1. The topological polar surface area (TPSA) is 55.8 Å². The third-order valence-corrected chi connectivity index (χ3v) is 5.41. The highest BCUT2D eigenvalue weighted by Crippen LogP contribution is 2.20. The van der Waals surface area contributed by atoms with Crippen LogP contribution in [0.1, 0.15) is 41.6 Å². The van der Waals surface area contributed by atoms with Crippen molar-refractivity contribution in [2.24, 2.45) is 0 Å². The van der Waals surface area contributed by atoms with Crippen molar-refractivity contribution in [1.82, 2.24) is 4.90 Å². The molecule has 1 atom stereocenters. The van der Waals surface area contributed by atoms with E-state index >= 15 is 0 Å². The molecule has 3 rings (SSSR count). The molecule has 154 valence electrons. The summed E-state index contributed by atoms with van der Waals surface area (Å²) in [6.45, 7) is 2.30. The normalized spacial score (nSPS) is 16.9. The van der Waals surface area contributed by atoms with Crippen LogP contribution in [0, 0.1) is 0 Å². The van der Waals surface area contributed by atoms with Crippen LogP contribution in [0.15, 0.2) is 54.6 Å². The highest BCUT2D eigenvalue weighted by Gasteiger charge is 2.27. The van der Waals surface area contributed by atoms with Gasteiger partial charge in [0.1, 0.15) is 18.1 Å². The van der Waals surface area contributed by atoms with E-state index in [1.807, 2.05) is 42.5 Å². The molecule has 1 heterocycles. The summed E-state index contributed by atoms with van der Waals surface area (Å²) in [5.74, 6) is 0.812. The molecular weight excluding hydrogens is 366 g/mol. The Morgan fingerprint density at radius 1 is 1.03 bits per heavy atom. The lowest BCUT2D eigenvalue weighted by atomic mass is 9.94. The molecule has 0 spiro atoms. The summed E-state index contributed by atoms with van der Waals surface area (Å²) in [6, 6.07) is 17.1. The second-order valence-corrected chi connectivity index (χ2v) is 7.36. The smallest absolute Gasteiger partial charge is 0.337 e. The number of benzene rings is 2. The van der Waals surface area contributed by atoms with Crippen molar-refractivity contribution in [3.8, 4) is 5.75 Å². The molecule has 0 aromatic heterocycles. The number of likely N-dealkylation sites (tertiary alicyclic amines) is 1. The van der Waals surface area contributed by atoms with Gasteiger partial charge >= 0.3 is 5.97 Å². The maximum atomic E-state index is 12.9. The zero-order valence-corrected chi connectivity index (χ0v) is 17.0. The lowest BCUT2D eigenvalue weighted by molar-refractivity contribution is -0.125. The number of aryl methyl sites for hydroxylation is 1. The second kappa shape index (κ2) is 10.8. The molecule has 0 N–H and O–H groups in total. The van der Waals surface area contributed by atoms with Gasteiger partial charge in [0.05, 0.1) is 18.7 Å². The van der Waals surface area contributed by atoms with E-state index in [0.29, 0.717) is 30.8 Å². The summed E-state index contributed by atoms with van der Waals surface area (Å²) < 4.78 is 10.5. The zero-order chi connectivity index (χ0) is 20.5. The zero-order valence-electron chi connectivity index (χ0n) is 17.0. The quantitative estimate of drug-likeness (QED) is 0.603. The number of Topliss-reactive ketones (excluding diaryl/α,β-unsaturated/α-hetero) is 1. The lowest BCUT2D eigenvalue weighted by Gasteiger charge is -2.34. The minimum absolute atomic E-state index is 0.0162. The SMILES string of the molecule is COC(=O)c1ccc(CCC(=O)[C@H]2CCCCN2CCOc2ccccc2)cc1. The molecule has 29 heavy (non-hydrogen) atoms. The molecule has 0 bridgehead atoms. The van der Waals surface area contributed by atoms with Gasteiger partial charge < -0.3 is 9.47 Å².